The number of rotatable bonds is 7. The Morgan fingerprint density at radius 2 is 2.00 bits per heavy atom. The van der Waals surface area contributed by atoms with E-state index < -0.39 is 0 Å². The van der Waals surface area contributed by atoms with Crippen molar-refractivity contribution in [2.24, 2.45) is 0 Å². The molecule has 32 heavy (non-hydrogen) atoms. The first-order chi connectivity index (χ1) is 15.2. The highest BCUT2D eigenvalue weighted by Gasteiger charge is 2.22. The van der Waals surface area contributed by atoms with Gasteiger partial charge in [0.2, 0.25) is 0 Å². The Bertz CT molecular complexity index is 1090. The van der Waals surface area contributed by atoms with Crippen molar-refractivity contribution in [3.8, 4) is 11.8 Å². The van der Waals surface area contributed by atoms with Gasteiger partial charge < -0.3 is 9.47 Å². The molecule has 2 aromatic carbocycles. The number of thiazole rings is 1. The highest BCUT2D eigenvalue weighted by molar-refractivity contribution is 7.22. The number of nitriles is 1. The molecule has 7 nitrogen and oxygen atoms in total. The quantitative estimate of drug-likeness (QED) is 0.517. The minimum atomic E-state index is -0.113. The van der Waals surface area contributed by atoms with Gasteiger partial charge in [0, 0.05) is 37.8 Å². The van der Waals surface area contributed by atoms with Crippen molar-refractivity contribution in [3.05, 3.63) is 53.6 Å². The van der Waals surface area contributed by atoms with Crippen molar-refractivity contribution in [1.29, 1.82) is 5.26 Å². The van der Waals surface area contributed by atoms with Gasteiger partial charge in [-0.2, -0.15) is 5.26 Å². The lowest BCUT2D eigenvalue weighted by molar-refractivity contribution is 0.0376. The van der Waals surface area contributed by atoms with Crippen molar-refractivity contribution in [3.63, 3.8) is 0 Å². The van der Waals surface area contributed by atoms with Crippen LogP contribution in [0.3, 0.4) is 0 Å². The van der Waals surface area contributed by atoms with Gasteiger partial charge in [0.05, 0.1) is 42.2 Å². The van der Waals surface area contributed by atoms with Gasteiger partial charge in [-0.3, -0.25) is 14.6 Å². The van der Waals surface area contributed by atoms with Crippen LogP contribution in [0.1, 0.15) is 22.3 Å². The van der Waals surface area contributed by atoms with E-state index in [1.165, 1.54) is 11.3 Å². The standard InChI is InChI=1S/C23H24N4O3S.ClH/c1-29-19-7-8-21-20(15-19)25-23(31-21)27(10-2-9-26-11-13-30-14-12-26)22(28)18-5-3-17(16-24)4-6-18;/h3-8,15H,2,9-14H2,1H3;1H. The molecule has 2 heterocycles. The lowest BCUT2D eigenvalue weighted by Gasteiger charge is -2.27. The van der Waals surface area contributed by atoms with Gasteiger partial charge >= 0.3 is 0 Å². The van der Waals surface area contributed by atoms with Gasteiger partial charge in [-0.25, -0.2) is 4.98 Å². The van der Waals surface area contributed by atoms with Crippen LogP contribution in [0, 0.1) is 11.3 Å². The fraction of sp³-hybridized carbons (Fsp3) is 0.348. The average molecular weight is 473 g/mol. The highest BCUT2D eigenvalue weighted by Crippen LogP contribution is 2.32. The first kappa shape index (κ1) is 24.0. The molecule has 0 atom stereocenters. The second-order valence-corrected chi connectivity index (χ2v) is 8.29. The van der Waals surface area contributed by atoms with Crippen LogP contribution in [0.4, 0.5) is 5.13 Å². The zero-order valence-electron chi connectivity index (χ0n) is 17.8. The normalized spacial score (nSPS) is 13.9. The smallest absolute Gasteiger partial charge is 0.260 e. The van der Waals surface area contributed by atoms with Crippen LogP contribution in [-0.2, 0) is 4.74 Å². The van der Waals surface area contributed by atoms with Crippen LogP contribution in [0.5, 0.6) is 5.75 Å². The van der Waals surface area contributed by atoms with Crippen molar-refractivity contribution < 1.29 is 14.3 Å². The van der Waals surface area contributed by atoms with Crippen LogP contribution in [0.2, 0.25) is 0 Å². The van der Waals surface area contributed by atoms with Crippen LogP contribution in [0.25, 0.3) is 10.2 Å². The molecule has 1 fully saturated rings. The van der Waals surface area contributed by atoms with E-state index in [2.05, 4.69) is 11.0 Å². The largest absolute Gasteiger partial charge is 0.497 e. The first-order valence-corrected chi connectivity index (χ1v) is 11.1. The maximum atomic E-state index is 13.4. The van der Waals surface area contributed by atoms with E-state index in [1.807, 2.05) is 18.2 Å². The van der Waals surface area contributed by atoms with E-state index in [4.69, 9.17) is 19.7 Å². The third-order valence-corrected chi connectivity index (χ3v) is 6.34. The molecule has 1 aliphatic heterocycles. The zero-order valence-corrected chi connectivity index (χ0v) is 19.5. The maximum absolute atomic E-state index is 13.4. The second kappa shape index (κ2) is 11.2. The summed E-state index contributed by atoms with van der Waals surface area (Å²) in [6.45, 7) is 4.82. The topological polar surface area (TPSA) is 78.7 Å². The molecule has 1 aliphatic rings. The van der Waals surface area contributed by atoms with Crippen LogP contribution >= 0.6 is 23.7 Å². The van der Waals surface area contributed by atoms with Gasteiger partial charge in [-0.1, -0.05) is 11.3 Å². The molecule has 0 bridgehead atoms. The molecule has 0 aliphatic carbocycles. The molecule has 0 unspecified atom stereocenters. The van der Waals surface area contributed by atoms with Crippen LogP contribution < -0.4 is 9.64 Å². The van der Waals surface area contributed by atoms with Crippen molar-refractivity contribution in [2.45, 2.75) is 6.42 Å². The number of benzene rings is 2. The zero-order chi connectivity index (χ0) is 21.6. The lowest BCUT2D eigenvalue weighted by Crippen LogP contribution is -2.39. The molecule has 168 valence electrons. The number of hydrogen-bond donors (Lipinski definition) is 0. The summed E-state index contributed by atoms with van der Waals surface area (Å²) in [5.74, 6) is 0.624. The summed E-state index contributed by atoms with van der Waals surface area (Å²) in [7, 11) is 1.63. The molecule has 0 N–H and O–H groups in total. The van der Waals surface area contributed by atoms with E-state index in [1.54, 1.807) is 36.3 Å². The van der Waals surface area contributed by atoms with E-state index in [-0.39, 0.29) is 18.3 Å². The molecule has 9 heteroatoms. The number of aromatic nitrogens is 1. The molecule has 0 saturated carbocycles. The third kappa shape index (κ3) is 5.56. The summed E-state index contributed by atoms with van der Waals surface area (Å²) < 4.78 is 11.7. The summed E-state index contributed by atoms with van der Waals surface area (Å²) in [5, 5.41) is 9.71. The molecule has 4 rings (SSSR count). The molecule has 1 saturated heterocycles. The fourth-order valence-electron chi connectivity index (χ4n) is 3.54. The molecule has 0 spiro atoms. The number of halogens is 1. The molecule has 1 aromatic heterocycles. The minimum Gasteiger partial charge on any atom is -0.497 e. The summed E-state index contributed by atoms with van der Waals surface area (Å²) in [4.78, 5) is 22.2. The maximum Gasteiger partial charge on any atom is 0.260 e. The number of hydrogen-bond acceptors (Lipinski definition) is 7. The van der Waals surface area contributed by atoms with Crippen LogP contribution in [-0.4, -0.2) is 62.3 Å². The van der Waals surface area contributed by atoms with Crippen molar-refractivity contribution in [2.75, 3.05) is 51.4 Å². The summed E-state index contributed by atoms with van der Waals surface area (Å²) in [6.07, 6.45) is 0.835. The molecule has 3 aromatic rings. The third-order valence-electron chi connectivity index (χ3n) is 5.28. The van der Waals surface area contributed by atoms with Crippen molar-refractivity contribution in [1.82, 2.24) is 9.88 Å². The lowest BCUT2D eigenvalue weighted by atomic mass is 10.1. The van der Waals surface area contributed by atoms with E-state index >= 15 is 0 Å². The number of ether oxygens (including phenoxy) is 2. The Balaban J connectivity index is 0.00000289. The average Bonchev–Trinajstić information content (AvgIpc) is 3.25. The molecular formula is C23H25ClN4O3S. The minimum absolute atomic E-state index is 0. The molecule has 0 radical (unpaired) electrons. The predicted octanol–water partition coefficient (Wildman–Crippen LogP) is 3.97. The predicted molar refractivity (Wildman–Crippen MR) is 128 cm³/mol. The SMILES string of the molecule is COc1ccc2sc(N(CCCN3CCOCC3)C(=O)c3ccc(C#N)cc3)nc2c1.Cl. The number of anilines is 1. The van der Waals surface area contributed by atoms with Gasteiger partial charge in [-0.05, 0) is 42.8 Å². The van der Waals surface area contributed by atoms with E-state index in [9.17, 15) is 4.79 Å². The van der Waals surface area contributed by atoms with Gasteiger partial charge in [0.25, 0.3) is 5.91 Å². The number of morpholine rings is 1. The van der Waals surface area contributed by atoms with Gasteiger partial charge in [-0.15, -0.1) is 12.4 Å². The molecule has 1 amide bonds. The van der Waals surface area contributed by atoms with Gasteiger partial charge in [0.15, 0.2) is 5.13 Å². The Morgan fingerprint density at radius 1 is 1.25 bits per heavy atom. The van der Waals surface area contributed by atoms with Crippen molar-refractivity contribution >= 4 is 45.0 Å². The Labute approximate surface area is 197 Å². The van der Waals surface area contributed by atoms with E-state index in [0.29, 0.717) is 22.8 Å². The number of methoxy groups -OCH3 is 1. The number of carbonyl (C=O) groups is 1. The Kier molecular flexibility index (Phi) is 8.42. The monoisotopic (exact) mass is 472 g/mol. The number of amides is 1. The van der Waals surface area contributed by atoms with Gasteiger partial charge in [0.1, 0.15) is 5.75 Å². The number of fused-ring (bicyclic) bond motifs is 1. The summed E-state index contributed by atoms with van der Waals surface area (Å²) in [6, 6.07) is 14.6. The Hall–Kier alpha value is -2.70. The summed E-state index contributed by atoms with van der Waals surface area (Å²) >= 11 is 1.49. The van der Waals surface area contributed by atoms with Crippen LogP contribution in [0.15, 0.2) is 42.5 Å². The highest BCUT2D eigenvalue weighted by atomic mass is 35.5. The second-order valence-electron chi connectivity index (χ2n) is 7.28. The Morgan fingerprint density at radius 3 is 2.69 bits per heavy atom. The summed E-state index contributed by atoms with van der Waals surface area (Å²) in [5.41, 5.74) is 1.88. The number of nitrogens with zero attached hydrogens (tertiary/aromatic N) is 4. The fourth-order valence-corrected chi connectivity index (χ4v) is 4.51. The number of carbonyl (C=O) groups excluding carboxylic acids is 1. The van der Waals surface area contributed by atoms with E-state index in [0.717, 1.165) is 55.2 Å². The molecular weight excluding hydrogens is 448 g/mol. The first-order valence-electron chi connectivity index (χ1n) is 10.2.